The molecule has 0 saturated heterocycles. The maximum absolute atomic E-state index is 12.7. The maximum atomic E-state index is 12.7. The standard InChI is InChI=1S/C29H22BrClN4O2/c30-23-6-3-4-21(16-23)19-37-28-13-10-22-5-1-2-7-25(22)26(28)17-32-33-29(36)27-14-15-35(34-27)18-20-8-11-24(31)12-9-20/h1-17H,18-19H2,(H,33,36)/b32-17+. The molecule has 4 aromatic carbocycles. The highest BCUT2D eigenvalue weighted by Gasteiger charge is 2.11. The normalized spacial score (nSPS) is 11.2. The summed E-state index contributed by atoms with van der Waals surface area (Å²) in [5, 5.41) is 11.3. The molecule has 1 amide bonds. The molecule has 5 rings (SSSR count). The summed E-state index contributed by atoms with van der Waals surface area (Å²) in [5.74, 6) is 0.270. The van der Waals surface area contributed by atoms with Crippen molar-refractivity contribution in [1.29, 1.82) is 0 Å². The molecule has 0 saturated carbocycles. The smallest absolute Gasteiger partial charge is 0.291 e. The average Bonchev–Trinajstić information content (AvgIpc) is 3.38. The van der Waals surface area contributed by atoms with Crippen molar-refractivity contribution >= 4 is 50.4 Å². The lowest BCUT2D eigenvalue weighted by molar-refractivity contribution is 0.0949. The number of aromatic nitrogens is 2. The third kappa shape index (κ3) is 6.25. The van der Waals surface area contributed by atoms with Gasteiger partial charge in [0.05, 0.1) is 12.8 Å². The van der Waals surface area contributed by atoms with Crippen molar-refractivity contribution in [3.05, 3.63) is 129 Å². The molecule has 0 aliphatic heterocycles. The van der Waals surface area contributed by atoms with Crippen LogP contribution in [0.5, 0.6) is 5.75 Å². The minimum absolute atomic E-state index is 0.273. The van der Waals surface area contributed by atoms with Gasteiger partial charge in [0, 0.05) is 21.3 Å². The molecule has 6 nitrogen and oxygen atoms in total. The third-order valence-electron chi connectivity index (χ3n) is 5.70. The van der Waals surface area contributed by atoms with Gasteiger partial charge in [0.25, 0.3) is 5.91 Å². The van der Waals surface area contributed by atoms with E-state index in [2.05, 4.69) is 31.6 Å². The summed E-state index contributed by atoms with van der Waals surface area (Å²) in [6.45, 7) is 0.929. The Morgan fingerprint density at radius 1 is 1.00 bits per heavy atom. The van der Waals surface area contributed by atoms with E-state index in [0.29, 0.717) is 23.9 Å². The van der Waals surface area contributed by atoms with Gasteiger partial charge in [-0.25, -0.2) is 5.43 Å². The topological polar surface area (TPSA) is 68.5 Å². The molecular formula is C29H22BrClN4O2. The Hall–Kier alpha value is -3.94. The van der Waals surface area contributed by atoms with Crippen LogP contribution in [-0.4, -0.2) is 21.9 Å². The van der Waals surface area contributed by atoms with E-state index in [1.165, 1.54) is 0 Å². The van der Waals surface area contributed by atoms with Gasteiger partial charge in [-0.3, -0.25) is 9.48 Å². The fourth-order valence-electron chi connectivity index (χ4n) is 3.88. The fourth-order valence-corrected chi connectivity index (χ4v) is 4.46. The number of carbonyl (C=O) groups is 1. The van der Waals surface area contributed by atoms with Crippen LogP contribution in [0.1, 0.15) is 27.2 Å². The van der Waals surface area contributed by atoms with Gasteiger partial charge in [0.2, 0.25) is 0 Å². The quantitative estimate of drug-likeness (QED) is 0.163. The van der Waals surface area contributed by atoms with Crippen molar-refractivity contribution < 1.29 is 9.53 Å². The van der Waals surface area contributed by atoms with Gasteiger partial charge in [-0.05, 0) is 58.3 Å². The predicted molar refractivity (Wildman–Crippen MR) is 150 cm³/mol. The first-order valence-electron chi connectivity index (χ1n) is 11.6. The molecule has 0 bridgehead atoms. The van der Waals surface area contributed by atoms with E-state index >= 15 is 0 Å². The highest BCUT2D eigenvalue weighted by atomic mass is 79.9. The highest BCUT2D eigenvalue weighted by molar-refractivity contribution is 9.10. The molecule has 8 heteroatoms. The molecule has 0 radical (unpaired) electrons. The molecule has 5 aromatic rings. The van der Waals surface area contributed by atoms with Gasteiger partial charge in [-0.2, -0.15) is 10.2 Å². The monoisotopic (exact) mass is 572 g/mol. The second kappa shape index (κ2) is 11.4. The number of ether oxygens (including phenoxy) is 1. The van der Waals surface area contributed by atoms with Crippen LogP contribution in [0.4, 0.5) is 0 Å². The lowest BCUT2D eigenvalue weighted by Gasteiger charge is -2.12. The number of halogens is 2. The molecule has 184 valence electrons. The van der Waals surface area contributed by atoms with Crippen LogP contribution >= 0.6 is 27.5 Å². The lowest BCUT2D eigenvalue weighted by atomic mass is 10.0. The van der Waals surface area contributed by atoms with E-state index in [1.807, 2.05) is 84.9 Å². The minimum atomic E-state index is -0.400. The van der Waals surface area contributed by atoms with E-state index in [9.17, 15) is 4.79 Å². The van der Waals surface area contributed by atoms with Gasteiger partial charge in [-0.15, -0.1) is 0 Å². The molecule has 0 aliphatic carbocycles. The molecule has 0 spiro atoms. The number of hydrogen-bond acceptors (Lipinski definition) is 4. The molecule has 37 heavy (non-hydrogen) atoms. The summed E-state index contributed by atoms with van der Waals surface area (Å²) in [6, 6.07) is 29.0. The summed E-state index contributed by atoms with van der Waals surface area (Å²) < 4.78 is 8.83. The number of carbonyl (C=O) groups excluding carboxylic acids is 1. The van der Waals surface area contributed by atoms with Crippen LogP contribution in [0.3, 0.4) is 0 Å². The zero-order valence-electron chi connectivity index (χ0n) is 19.6. The number of rotatable bonds is 8. The van der Waals surface area contributed by atoms with E-state index in [1.54, 1.807) is 23.2 Å². The highest BCUT2D eigenvalue weighted by Crippen LogP contribution is 2.27. The van der Waals surface area contributed by atoms with Crippen LogP contribution in [0.25, 0.3) is 10.8 Å². The van der Waals surface area contributed by atoms with E-state index in [4.69, 9.17) is 16.3 Å². The second-order valence-electron chi connectivity index (χ2n) is 8.34. The summed E-state index contributed by atoms with van der Waals surface area (Å²) in [5.41, 5.74) is 5.70. The number of hydrogen-bond donors (Lipinski definition) is 1. The number of fused-ring (bicyclic) bond motifs is 1. The number of nitrogens with one attached hydrogen (secondary N) is 1. The van der Waals surface area contributed by atoms with E-state index in [-0.39, 0.29) is 5.69 Å². The maximum Gasteiger partial charge on any atom is 0.291 e. The van der Waals surface area contributed by atoms with Crippen LogP contribution in [-0.2, 0) is 13.2 Å². The first kappa shape index (κ1) is 24.7. The van der Waals surface area contributed by atoms with Crippen molar-refractivity contribution in [1.82, 2.24) is 15.2 Å². The van der Waals surface area contributed by atoms with Crippen molar-refractivity contribution in [3.63, 3.8) is 0 Å². The molecule has 0 atom stereocenters. The zero-order chi connectivity index (χ0) is 25.6. The van der Waals surface area contributed by atoms with Crippen molar-refractivity contribution in [2.45, 2.75) is 13.2 Å². The van der Waals surface area contributed by atoms with Crippen molar-refractivity contribution in [2.24, 2.45) is 5.10 Å². The minimum Gasteiger partial charge on any atom is -0.488 e. The van der Waals surface area contributed by atoms with Crippen LogP contribution < -0.4 is 10.2 Å². The van der Waals surface area contributed by atoms with Gasteiger partial charge in [0.1, 0.15) is 12.4 Å². The molecule has 0 aliphatic rings. The van der Waals surface area contributed by atoms with E-state index in [0.717, 1.165) is 31.9 Å². The zero-order valence-corrected chi connectivity index (χ0v) is 22.0. The Morgan fingerprint density at radius 2 is 1.84 bits per heavy atom. The number of benzene rings is 4. The Morgan fingerprint density at radius 3 is 2.68 bits per heavy atom. The largest absolute Gasteiger partial charge is 0.488 e. The molecule has 1 N–H and O–H groups in total. The number of hydrazone groups is 1. The molecular weight excluding hydrogens is 552 g/mol. The molecule has 1 heterocycles. The lowest BCUT2D eigenvalue weighted by Crippen LogP contribution is -2.18. The molecule has 0 fully saturated rings. The summed E-state index contributed by atoms with van der Waals surface area (Å²) in [4.78, 5) is 12.7. The second-order valence-corrected chi connectivity index (χ2v) is 9.69. The van der Waals surface area contributed by atoms with Gasteiger partial charge >= 0.3 is 0 Å². The van der Waals surface area contributed by atoms with Crippen molar-refractivity contribution in [3.8, 4) is 5.75 Å². The van der Waals surface area contributed by atoms with Gasteiger partial charge < -0.3 is 4.74 Å². The Labute approximate surface area is 227 Å². The Bertz CT molecular complexity index is 1580. The Balaban J connectivity index is 1.31. The average molecular weight is 574 g/mol. The number of amides is 1. The SMILES string of the molecule is O=C(N/N=C/c1c(OCc2cccc(Br)c2)ccc2ccccc12)c1ccn(Cc2ccc(Cl)cc2)n1. The number of nitrogens with zero attached hydrogens (tertiary/aromatic N) is 3. The van der Waals surface area contributed by atoms with Crippen LogP contribution in [0.15, 0.2) is 107 Å². The first-order valence-corrected chi connectivity index (χ1v) is 12.7. The Kier molecular flexibility index (Phi) is 7.63. The van der Waals surface area contributed by atoms with Crippen molar-refractivity contribution in [2.75, 3.05) is 0 Å². The molecule has 0 unspecified atom stereocenters. The van der Waals surface area contributed by atoms with Crippen LogP contribution in [0.2, 0.25) is 5.02 Å². The van der Waals surface area contributed by atoms with Gasteiger partial charge in [-0.1, -0.05) is 82.1 Å². The molecule has 1 aromatic heterocycles. The van der Waals surface area contributed by atoms with Gasteiger partial charge in [0.15, 0.2) is 5.69 Å². The summed E-state index contributed by atoms with van der Waals surface area (Å²) in [7, 11) is 0. The first-order chi connectivity index (χ1) is 18.0. The summed E-state index contributed by atoms with van der Waals surface area (Å²) in [6.07, 6.45) is 3.37. The van der Waals surface area contributed by atoms with Crippen LogP contribution in [0, 0.1) is 0 Å². The predicted octanol–water partition coefficient (Wildman–Crippen LogP) is 6.84. The van der Waals surface area contributed by atoms with E-state index < -0.39 is 5.91 Å². The summed E-state index contributed by atoms with van der Waals surface area (Å²) >= 11 is 9.44. The fraction of sp³-hybridized carbons (Fsp3) is 0.0690. The third-order valence-corrected chi connectivity index (χ3v) is 6.45.